The van der Waals surface area contributed by atoms with Crippen LogP contribution in [0.25, 0.3) is 0 Å². The molecular weight excluding hydrogens is 405 g/mol. The van der Waals surface area contributed by atoms with Crippen LogP contribution in [0.2, 0.25) is 0 Å². The van der Waals surface area contributed by atoms with E-state index in [1.807, 2.05) is 54.1 Å². The number of benzene rings is 2. The van der Waals surface area contributed by atoms with Crippen LogP contribution in [-0.2, 0) is 11.8 Å². The molecule has 0 saturated carbocycles. The number of carbonyl (C=O) groups excluding carboxylic acids is 1. The Hall–Kier alpha value is -2.08. The third-order valence-electron chi connectivity index (χ3n) is 5.71. The molecule has 0 bridgehead atoms. The summed E-state index contributed by atoms with van der Waals surface area (Å²) < 4.78 is 15.9. The number of hydrogen-bond acceptors (Lipinski definition) is 4. The van der Waals surface area contributed by atoms with E-state index in [0.29, 0.717) is 25.5 Å². The van der Waals surface area contributed by atoms with Gasteiger partial charge in [0.2, 0.25) is 0 Å². The predicted molar refractivity (Wildman–Crippen MR) is 119 cm³/mol. The van der Waals surface area contributed by atoms with Gasteiger partial charge < -0.3 is 9.47 Å². The van der Waals surface area contributed by atoms with Crippen LogP contribution in [0.1, 0.15) is 19.8 Å². The zero-order valence-corrected chi connectivity index (χ0v) is 18.1. The molecule has 0 N–H and O–H groups in total. The molecule has 0 unspecified atom stereocenters. The van der Waals surface area contributed by atoms with Crippen LogP contribution in [0.5, 0.6) is 11.5 Å². The number of rotatable bonds is 3. The summed E-state index contributed by atoms with van der Waals surface area (Å²) in [5, 5.41) is 1.02. The van der Waals surface area contributed by atoms with Gasteiger partial charge in [0.05, 0.1) is 11.4 Å². The van der Waals surface area contributed by atoms with Crippen LogP contribution in [0.3, 0.4) is 0 Å². The Morgan fingerprint density at radius 2 is 1.69 bits per heavy atom. The van der Waals surface area contributed by atoms with Gasteiger partial charge in [0, 0.05) is 31.0 Å². The van der Waals surface area contributed by atoms with Crippen LogP contribution in [0.4, 0.5) is 16.2 Å². The average Bonchev–Trinajstić information content (AvgIpc) is 3.30. The second-order valence-electron chi connectivity index (χ2n) is 7.36. The summed E-state index contributed by atoms with van der Waals surface area (Å²) >= 11 is 6.47. The number of fused-ring (bicyclic) bond motifs is 2. The van der Waals surface area contributed by atoms with Crippen molar-refractivity contribution in [2.24, 2.45) is 0 Å². The standard InChI is InChI=1S/C21H24N3O3PS/c1-2-23-17-14-18-19(27-13-12-26-18)15-20(17)28(29,22-10-6-7-11-22)24(21(23)25)16-8-4-3-5-9-16/h3-5,8-9,14-15H,2,6-7,10-13H2,1H3/t28-/m0/s1. The van der Waals surface area contributed by atoms with Crippen molar-refractivity contribution < 1.29 is 14.3 Å². The molecule has 29 heavy (non-hydrogen) atoms. The maximum atomic E-state index is 13.8. The third kappa shape index (κ3) is 2.87. The van der Waals surface area contributed by atoms with Crippen LogP contribution in [0.15, 0.2) is 42.5 Å². The molecule has 8 heteroatoms. The molecule has 3 aliphatic heterocycles. The molecule has 0 aliphatic carbocycles. The maximum absolute atomic E-state index is 13.8. The second-order valence-corrected chi connectivity index (χ2v) is 11.4. The number of anilines is 2. The monoisotopic (exact) mass is 429 g/mol. The van der Waals surface area contributed by atoms with Crippen LogP contribution >= 0.6 is 6.34 Å². The number of amides is 2. The predicted octanol–water partition coefficient (Wildman–Crippen LogP) is 3.95. The van der Waals surface area contributed by atoms with E-state index in [1.165, 1.54) is 0 Å². The normalized spacial score (nSPS) is 24.0. The van der Waals surface area contributed by atoms with Crippen molar-refractivity contribution in [3.63, 3.8) is 0 Å². The van der Waals surface area contributed by atoms with Crippen molar-refractivity contribution in [3.05, 3.63) is 42.5 Å². The fourth-order valence-electron chi connectivity index (χ4n) is 4.35. The molecule has 2 aromatic rings. The lowest BCUT2D eigenvalue weighted by Gasteiger charge is -2.48. The fourth-order valence-corrected chi connectivity index (χ4v) is 8.92. The van der Waals surface area contributed by atoms with Gasteiger partial charge in [-0.15, -0.1) is 0 Å². The van der Waals surface area contributed by atoms with Crippen molar-refractivity contribution >= 4 is 40.9 Å². The second kappa shape index (κ2) is 7.31. The summed E-state index contributed by atoms with van der Waals surface area (Å²) in [5.74, 6) is 1.42. The minimum Gasteiger partial charge on any atom is -0.486 e. The third-order valence-corrected chi connectivity index (χ3v) is 10.6. The van der Waals surface area contributed by atoms with E-state index in [4.69, 9.17) is 21.3 Å². The van der Waals surface area contributed by atoms with Crippen LogP contribution in [-0.4, -0.2) is 43.5 Å². The van der Waals surface area contributed by atoms with E-state index < -0.39 is 6.34 Å². The van der Waals surface area contributed by atoms with Crippen molar-refractivity contribution in [2.45, 2.75) is 19.8 Å². The van der Waals surface area contributed by atoms with E-state index in [1.54, 1.807) is 4.90 Å². The van der Waals surface area contributed by atoms with Crippen molar-refractivity contribution in [1.82, 2.24) is 4.67 Å². The Morgan fingerprint density at radius 1 is 1.03 bits per heavy atom. The highest BCUT2D eigenvalue weighted by molar-refractivity contribution is 8.18. The van der Waals surface area contributed by atoms with Gasteiger partial charge >= 0.3 is 6.03 Å². The number of nitrogens with zero attached hydrogens (tertiary/aromatic N) is 3. The molecule has 3 aliphatic rings. The number of ether oxygens (including phenoxy) is 2. The molecule has 2 amide bonds. The first kappa shape index (κ1) is 18.9. The molecule has 0 aromatic heterocycles. The minimum absolute atomic E-state index is 0.0573. The van der Waals surface area contributed by atoms with Crippen LogP contribution in [0, 0.1) is 0 Å². The smallest absolute Gasteiger partial charge is 0.334 e. The molecular formula is C21H24N3O3PS. The quantitative estimate of drug-likeness (QED) is 0.692. The number of para-hydroxylation sites is 1. The van der Waals surface area contributed by atoms with Gasteiger partial charge in [-0.05, 0) is 38.0 Å². The first-order valence-electron chi connectivity index (χ1n) is 10.1. The number of carbonyl (C=O) groups is 1. The Balaban J connectivity index is 1.78. The number of urea groups is 1. The molecule has 152 valence electrons. The molecule has 1 saturated heterocycles. The van der Waals surface area contributed by atoms with Gasteiger partial charge in [-0.2, -0.15) is 0 Å². The van der Waals surface area contributed by atoms with Crippen LogP contribution < -0.4 is 24.3 Å². The molecule has 0 spiro atoms. The lowest BCUT2D eigenvalue weighted by Crippen LogP contribution is -2.52. The minimum atomic E-state index is -2.56. The highest BCUT2D eigenvalue weighted by atomic mass is 32.4. The molecule has 0 radical (unpaired) electrons. The highest BCUT2D eigenvalue weighted by Gasteiger charge is 2.47. The van der Waals surface area contributed by atoms with Gasteiger partial charge in [-0.1, -0.05) is 30.0 Å². The zero-order valence-electron chi connectivity index (χ0n) is 16.4. The average molecular weight is 429 g/mol. The lowest BCUT2D eigenvalue weighted by molar-refractivity contribution is 0.172. The van der Waals surface area contributed by atoms with Crippen molar-refractivity contribution in [2.75, 3.05) is 42.4 Å². The van der Waals surface area contributed by atoms with E-state index in [-0.39, 0.29) is 6.03 Å². The van der Waals surface area contributed by atoms with E-state index in [2.05, 4.69) is 4.67 Å². The SMILES string of the molecule is CCN1C(=O)N(c2ccccc2)[P@@](=S)(N2CCCC2)c2cc3c(cc21)OCCO3. The molecule has 3 heterocycles. The van der Waals surface area contributed by atoms with E-state index >= 15 is 0 Å². The first-order chi connectivity index (χ1) is 14.1. The Morgan fingerprint density at radius 3 is 2.34 bits per heavy atom. The maximum Gasteiger partial charge on any atom is 0.334 e. The lowest BCUT2D eigenvalue weighted by atomic mass is 10.2. The van der Waals surface area contributed by atoms with Gasteiger partial charge in [0.15, 0.2) is 11.5 Å². The van der Waals surface area contributed by atoms with E-state index in [0.717, 1.165) is 48.4 Å². The summed E-state index contributed by atoms with van der Waals surface area (Å²) in [6.07, 6.45) is -0.355. The molecule has 6 nitrogen and oxygen atoms in total. The zero-order chi connectivity index (χ0) is 20.0. The Bertz CT molecular complexity index is 994. The van der Waals surface area contributed by atoms with Crippen molar-refractivity contribution in [3.8, 4) is 11.5 Å². The summed E-state index contributed by atoms with van der Waals surface area (Å²) in [4.78, 5) is 15.6. The summed E-state index contributed by atoms with van der Waals surface area (Å²) in [5.41, 5.74) is 1.72. The summed E-state index contributed by atoms with van der Waals surface area (Å²) in [7, 11) is 0. The molecule has 2 aromatic carbocycles. The molecule has 1 fully saturated rings. The summed E-state index contributed by atoms with van der Waals surface area (Å²) in [6.45, 7) is 5.41. The Labute approximate surface area is 176 Å². The van der Waals surface area contributed by atoms with Gasteiger partial charge in [-0.25, -0.2) is 9.46 Å². The number of hydrogen-bond donors (Lipinski definition) is 0. The first-order valence-corrected chi connectivity index (χ1v) is 12.8. The largest absolute Gasteiger partial charge is 0.486 e. The topological polar surface area (TPSA) is 45.3 Å². The van der Waals surface area contributed by atoms with E-state index in [9.17, 15) is 4.79 Å². The van der Waals surface area contributed by atoms with Crippen molar-refractivity contribution in [1.29, 1.82) is 0 Å². The highest BCUT2D eigenvalue weighted by Crippen LogP contribution is 2.61. The van der Waals surface area contributed by atoms with Gasteiger partial charge in [0.25, 0.3) is 0 Å². The Kier molecular flexibility index (Phi) is 4.77. The van der Waals surface area contributed by atoms with Gasteiger partial charge in [0.1, 0.15) is 19.6 Å². The fraction of sp³-hybridized carbons (Fsp3) is 0.381. The summed E-state index contributed by atoms with van der Waals surface area (Å²) in [6, 6.07) is 13.8. The van der Waals surface area contributed by atoms with Gasteiger partial charge in [-0.3, -0.25) is 9.57 Å². The molecule has 1 atom stereocenters. The molecule has 5 rings (SSSR count).